The third-order valence-electron chi connectivity index (χ3n) is 7.51. The Morgan fingerprint density at radius 1 is 0.719 bits per heavy atom. The van der Waals surface area contributed by atoms with Crippen molar-refractivity contribution in [2.24, 2.45) is 22.7 Å². The average Bonchev–Trinajstić information content (AvgIpc) is 2.72. The van der Waals surface area contributed by atoms with E-state index in [1.807, 2.05) is 14.2 Å². The molecule has 6 heteroatoms. The molecule has 0 spiro atoms. The molecule has 0 aromatic heterocycles. The molecular formula is C26H51O5P. The third-order valence-corrected chi connectivity index (χ3v) is 8.79. The van der Waals surface area contributed by atoms with Gasteiger partial charge in [-0.15, -0.1) is 0 Å². The van der Waals surface area contributed by atoms with Gasteiger partial charge in [0.05, 0.1) is 31.0 Å². The standard InChI is InChI=1S/C26H51O5P/c1-10-11-16-29-32(30-23-14-12-19(27-8)17-21(23)25(2,3)4)31-24-15-13-20(28-9)18-22(24)26(5,6)7/h19-24H,10-18H2,1-9H3. The van der Waals surface area contributed by atoms with Gasteiger partial charge in [-0.05, 0) is 67.6 Å². The Kier molecular flexibility index (Phi) is 11.4. The summed E-state index contributed by atoms with van der Waals surface area (Å²) in [6.45, 7) is 16.8. The van der Waals surface area contributed by atoms with Gasteiger partial charge in [0.1, 0.15) is 0 Å². The van der Waals surface area contributed by atoms with Crippen molar-refractivity contribution in [3.8, 4) is 0 Å². The maximum Gasteiger partial charge on any atom is 0.333 e. The van der Waals surface area contributed by atoms with Crippen LogP contribution in [0.15, 0.2) is 0 Å². The summed E-state index contributed by atoms with van der Waals surface area (Å²) >= 11 is 0. The van der Waals surface area contributed by atoms with Gasteiger partial charge in [-0.3, -0.25) is 0 Å². The summed E-state index contributed by atoms with van der Waals surface area (Å²) in [6, 6.07) is 0. The summed E-state index contributed by atoms with van der Waals surface area (Å²) < 4.78 is 31.2. The summed E-state index contributed by atoms with van der Waals surface area (Å²) in [5.41, 5.74) is 0.299. The predicted molar refractivity (Wildman–Crippen MR) is 133 cm³/mol. The molecule has 2 saturated carbocycles. The molecule has 2 fully saturated rings. The monoisotopic (exact) mass is 474 g/mol. The predicted octanol–water partition coefficient (Wildman–Crippen LogP) is 7.52. The molecule has 2 aliphatic rings. The second-order valence-corrected chi connectivity index (χ2v) is 13.1. The van der Waals surface area contributed by atoms with Gasteiger partial charge in [-0.25, -0.2) is 0 Å². The van der Waals surface area contributed by atoms with Crippen molar-refractivity contribution in [1.82, 2.24) is 0 Å². The Balaban J connectivity index is 2.14. The fourth-order valence-corrected chi connectivity index (χ4v) is 6.70. The Morgan fingerprint density at radius 3 is 1.50 bits per heavy atom. The van der Waals surface area contributed by atoms with Crippen LogP contribution in [0.3, 0.4) is 0 Å². The highest BCUT2D eigenvalue weighted by Crippen LogP contribution is 2.52. The fraction of sp³-hybridized carbons (Fsp3) is 1.00. The van der Waals surface area contributed by atoms with Gasteiger partial charge in [0.2, 0.25) is 0 Å². The van der Waals surface area contributed by atoms with E-state index in [0.29, 0.717) is 30.7 Å². The van der Waals surface area contributed by atoms with Crippen LogP contribution in [0.25, 0.3) is 0 Å². The highest BCUT2D eigenvalue weighted by atomic mass is 31.2. The quantitative estimate of drug-likeness (QED) is 0.242. The van der Waals surface area contributed by atoms with Gasteiger partial charge in [0, 0.05) is 14.2 Å². The first-order valence-electron chi connectivity index (χ1n) is 12.8. The molecule has 0 amide bonds. The maximum atomic E-state index is 6.72. The van der Waals surface area contributed by atoms with Gasteiger partial charge in [0.25, 0.3) is 0 Å². The maximum absolute atomic E-state index is 6.72. The van der Waals surface area contributed by atoms with E-state index in [4.69, 9.17) is 23.0 Å². The van der Waals surface area contributed by atoms with Crippen LogP contribution in [0.1, 0.15) is 99.8 Å². The van der Waals surface area contributed by atoms with Crippen molar-refractivity contribution in [1.29, 1.82) is 0 Å². The van der Waals surface area contributed by atoms with Crippen LogP contribution in [0.5, 0.6) is 0 Å². The first-order valence-corrected chi connectivity index (χ1v) is 13.9. The van der Waals surface area contributed by atoms with Crippen molar-refractivity contribution >= 4 is 8.60 Å². The minimum absolute atomic E-state index is 0.150. The third kappa shape index (κ3) is 8.47. The van der Waals surface area contributed by atoms with Crippen LogP contribution in [-0.2, 0) is 23.0 Å². The van der Waals surface area contributed by atoms with Gasteiger partial charge in [-0.2, -0.15) is 0 Å². The highest BCUT2D eigenvalue weighted by Gasteiger charge is 2.43. The molecule has 0 aliphatic heterocycles. The molecule has 6 atom stereocenters. The summed E-state index contributed by atoms with van der Waals surface area (Å²) in [6.07, 6.45) is 9.22. The van der Waals surface area contributed by atoms with Crippen molar-refractivity contribution in [3.05, 3.63) is 0 Å². The molecule has 0 aromatic rings. The van der Waals surface area contributed by atoms with E-state index < -0.39 is 8.60 Å². The summed E-state index contributed by atoms with van der Waals surface area (Å²) in [7, 11) is 2.28. The minimum atomic E-state index is -1.38. The van der Waals surface area contributed by atoms with E-state index in [0.717, 1.165) is 51.4 Å². The minimum Gasteiger partial charge on any atom is -0.381 e. The van der Waals surface area contributed by atoms with E-state index in [1.54, 1.807) is 0 Å². The smallest absolute Gasteiger partial charge is 0.333 e. The molecule has 5 nitrogen and oxygen atoms in total. The number of methoxy groups -OCH3 is 2. The molecule has 190 valence electrons. The zero-order valence-electron chi connectivity index (χ0n) is 22.3. The van der Waals surface area contributed by atoms with E-state index in [2.05, 4.69) is 48.5 Å². The summed E-state index contributed by atoms with van der Waals surface area (Å²) in [5, 5.41) is 0. The molecule has 6 unspecified atom stereocenters. The Labute approximate surface area is 199 Å². The first kappa shape index (κ1) is 28.5. The zero-order valence-corrected chi connectivity index (χ0v) is 23.2. The Bertz CT molecular complexity index is 487. The molecule has 2 aliphatic carbocycles. The van der Waals surface area contributed by atoms with Crippen molar-refractivity contribution in [2.75, 3.05) is 20.8 Å². The van der Waals surface area contributed by atoms with Crippen LogP contribution in [-0.4, -0.2) is 45.2 Å². The average molecular weight is 475 g/mol. The van der Waals surface area contributed by atoms with Crippen LogP contribution >= 0.6 is 8.60 Å². The molecule has 0 N–H and O–H groups in total. The summed E-state index contributed by atoms with van der Waals surface area (Å²) in [4.78, 5) is 0. The SMILES string of the molecule is CCCCOP(OC1CCC(OC)CC1C(C)(C)C)OC1CCC(OC)CC1C(C)(C)C. The van der Waals surface area contributed by atoms with E-state index in [9.17, 15) is 0 Å². The largest absolute Gasteiger partial charge is 0.381 e. The molecule has 32 heavy (non-hydrogen) atoms. The van der Waals surface area contributed by atoms with Crippen LogP contribution < -0.4 is 0 Å². The Hall–Kier alpha value is 0.230. The molecule has 0 aromatic carbocycles. The van der Waals surface area contributed by atoms with Gasteiger partial charge in [-0.1, -0.05) is 54.9 Å². The van der Waals surface area contributed by atoms with Gasteiger partial charge in [0.15, 0.2) is 0 Å². The molecular weight excluding hydrogens is 423 g/mol. The fourth-order valence-electron chi connectivity index (χ4n) is 5.30. The highest BCUT2D eigenvalue weighted by molar-refractivity contribution is 7.41. The van der Waals surface area contributed by atoms with E-state index >= 15 is 0 Å². The number of rotatable bonds is 10. The summed E-state index contributed by atoms with van der Waals surface area (Å²) in [5.74, 6) is 0.847. The zero-order chi connectivity index (χ0) is 23.9. The van der Waals surface area contributed by atoms with Crippen molar-refractivity contribution in [3.63, 3.8) is 0 Å². The Morgan fingerprint density at radius 2 is 1.16 bits per heavy atom. The lowest BCUT2D eigenvalue weighted by molar-refractivity contribution is -0.0685. The van der Waals surface area contributed by atoms with E-state index in [1.165, 1.54) is 0 Å². The topological polar surface area (TPSA) is 46.2 Å². The molecule has 0 bridgehead atoms. The number of ether oxygens (including phenoxy) is 2. The van der Waals surface area contributed by atoms with Crippen molar-refractivity contribution < 1.29 is 23.0 Å². The normalized spacial score (nSPS) is 33.3. The number of unbranched alkanes of at least 4 members (excludes halogenated alkanes) is 1. The van der Waals surface area contributed by atoms with Crippen LogP contribution in [0.4, 0.5) is 0 Å². The molecule has 2 rings (SSSR count). The second kappa shape index (κ2) is 12.8. The molecule has 0 radical (unpaired) electrons. The van der Waals surface area contributed by atoms with Crippen molar-refractivity contribution in [2.45, 2.75) is 124 Å². The second-order valence-electron chi connectivity index (χ2n) is 12.0. The van der Waals surface area contributed by atoms with E-state index in [-0.39, 0.29) is 23.0 Å². The number of hydrogen-bond acceptors (Lipinski definition) is 5. The van der Waals surface area contributed by atoms with Crippen LogP contribution in [0.2, 0.25) is 0 Å². The molecule has 0 heterocycles. The van der Waals surface area contributed by atoms with Gasteiger partial charge < -0.3 is 23.0 Å². The lowest BCUT2D eigenvalue weighted by Gasteiger charge is -2.45. The lowest BCUT2D eigenvalue weighted by Crippen LogP contribution is -2.42. The number of hydrogen-bond donors (Lipinski definition) is 0. The van der Waals surface area contributed by atoms with Crippen LogP contribution in [0, 0.1) is 22.7 Å². The van der Waals surface area contributed by atoms with Gasteiger partial charge >= 0.3 is 8.60 Å². The first-order chi connectivity index (χ1) is 15.0. The lowest BCUT2D eigenvalue weighted by atomic mass is 9.70. The molecule has 0 saturated heterocycles.